The summed E-state index contributed by atoms with van der Waals surface area (Å²) in [5.41, 5.74) is 0.831. The highest BCUT2D eigenvalue weighted by Crippen LogP contribution is 2.37. The number of hydrogen-bond donors (Lipinski definition) is 1. The molecule has 1 aliphatic heterocycles. The van der Waals surface area contributed by atoms with Crippen molar-refractivity contribution in [2.75, 3.05) is 11.5 Å². The van der Waals surface area contributed by atoms with E-state index in [1.807, 2.05) is 0 Å². The summed E-state index contributed by atoms with van der Waals surface area (Å²) in [6.07, 6.45) is 1.64. The van der Waals surface area contributed by atoms with Crippen molar-refractivity contribution >= 4 is 51.9 Å². The van der Waals surface area contributed by atoms with Crippen LogP contribution in [0.2, 0.25) is 0 Å². The first-order valence-corrected chi connectivity index (χ1v) is 8.65. The maximum Gasteiger partial charge on any atom is 0.341 e. The van der Waals surface area contributed by atoms with Gasteiger partial charge in [-0.1, -0.05) is 48.2 Å². The number of ether oxygens (including phenoxy) is 1. The van der Waals surface area contributed by atoms with Gasteiger partial charge in [0.1, 0.15) is 11.6 Å². The van der Waals surface area contributed by atoms with E-state index in [9.17, 15) is 14.0 Å². The lowest BCUT2D eigenvalue weighted by molar-refractivity contribution is -0.139. The fourth-order valence-corrected chi connectivity index (χ4v) is 3.55. The summed E-state index contributed by atoms with van der Waals surface area (Å²) in [5.74, 6) is -1.57. The van der Waals surface area contributed by atoms with E-state index < -0.39 is 24.3 Å². The van der Waals surface area contributed by atoms with Gasteiger partial charge in [-0.05, 0) is 35.9 Å². The van der Waals surface area contributed by atoms with Crippen LogP contribution < -0.4 is 9.64 Å². The molecule has 1 saturated heterocycles. The Morgan fingerprint density at radius 3 is 2.58 bits per heavy atom. The summed E-state index contributed by atoms with van der Waals surface area (Å²) in [4.78, 5) is 24.6. The van der Waals surface area contributed by atoms with Crippen molar-refractivity contribution in [1.82, 2.24) is 0 Å². The highest BCUT2D eigenvalue weighted by atomic mass is 32.2. The van der Waals surface area contributed by atoms with E-state index >= 15 is 0 Å². The molecule has 0 aliphatic carbocycles. The normalized spacial score (nSPS) is 15.6. The standard InChI is InChI=1S/C18H12FNO4S2/c19-13-3-1-2-4-14(13)20-17(23)15(26-18(20)25)9-11-5-7-12(8-6-11)24-10-16(21)22/h1-9H,10H2,(H,21,22)/b15-9+. The summed E-state index contributed by atoms with van der Waals surface area (Å²) < 4.78 is 19.3. The van der Waals surface area contributed by atoms with E-state index in [2.05, 4.69) is 0 Å². The number of carbonyl (C=O) groups excluding carboxylic acids is 1. The Hall–Kier alpha value is -2.71. The van der Waals surface area contributed by atoms with Gasteiger partial charge in [0, 0.05) is 0 Å². The highest BCUT2D eigenvalue weighted by molar-refractivity contribution is 8.27. The molecule has 0 spiro atoms. The van der Waals surface area contributed by atoms with Crippen LogP contribution in [-0.2, 0) is 9.59 Å². The molecule has 2 aromatic rings. The molecule has 0 bridgehead atoms. The summed E-state index contributed by atoms with van der Waals surface area (Å²) in [5, 5.41) is 8.59. The highest BCUT2D eigenvalue weighted by Gasteiger charge is 2.34. The van der Waals surface area contributed by atoms with Gasteiger partial charge in [-0.3, -0.25) is 9.69 Å². The van der Waals surface area contributed by atoms with Crippen molar-refractivity contribution in [2.24, 2.45) is 0 Å². The summed E-state index contributed by atoms with van der Waals surface area (Å²) in [6, 6.07) is 12.5. The average Bonchev–Trinajstić information content (AvgIpc) is 2.88. The molecular formula is C18H12FNO4S2. The number of nitrogens with zero attached hydrogens (tertiary/aromatic N) is 1. The molecule has 0 unspecified atom stereocenters. The fraction of sp³-hybridized carbons (Fsp3) is 0.0556. The van der Waals surface area contributed by atoms with Crippen molar-refractivity contribution in [3.8, 4) is 5.75 Å². The van der Waals surface area contributed by atoms with Crippen molar-refractivity contribution in [2.45, 2.75) is 0 Å². The van der Waals surface area contributed by atoms with Gasteiger partial charge in [0.2, 0.25) is 0 Å². The Morgan fingerprint density at radius 1 is 1.23 bits per heavy atom. The van der Waals surface area contributed by atoms with E-state index in [1.165, 1.54) is 17.0 Å². The Kier molecular flexibility index (Phi) is 5.34. The summed E-state index contributed by atoms with van der Waals surface area (Å²) in [6.45, 7) is -0.430. The minimum atomic E-state index is -1.06. The molecule has 8 heteroatoms. The smallest absolute Gasteiger partial charge is 0.341 e. The van der Waals surface area contributed by atoms with Gasteiger partial charge in [-0.2, -0.15) is 0 Å². The lowest BCUT2D eigenvalue weighted by Crippen LogP contribution is -2.28. The van der Waals surface area contributed by atoms with Crippen LogP contribution in [-0.4, -0.2) is 27.9 Å². The van der Waals surface area contributed by atoms with Gasteiger partial charge in [-0.15, -0.1) is 0 Å². The number of thiocarbonyl (C=S) groups is 1. The van der Waals surface area contributed by atoms with E-state index in [0.29, 0.717) is 16.2 Å². The number of rotatable bonds is 5. The lowest BCUT2D eigenvalue weighted by Gasteiger charge is -2.14. The monoisotopic (exact) mass is 389 g/mol. The Bertz CT molecular complexity index is 912. The van der Waals surface area contributed by atoms with Gasteiger partial charge in [-0.25, -0.2) is 9.18 Å². The molecule has 1 heterocycles. The zero-order valence-corrected chi connectivity index (χ0v) is 14.8. The second-order valence-corrected chi connectivity index (χ2v) is 6.90. The predicted molar refractivity (Wildman–Crippen MR) is 102 cm³/mol. The molecule has 26 heavy (non-hydrogen) atoms. The molecule has 0 atom stereocenters. The van der Waals surface area contributed by atoms with Gasteiger partial charge in [0.15, 0.2) is 10.9 Å². The zero-order valence-electron chi connectivity index (χ0n) is 13.2. The Morgan fingerprint density at radius 2 is 1.92 bits per heavy atom. The maximum atomic E-state index is 14.0. The minimum Gasteiger partial charge on any atom is -0.482 e. The number of anilines is 1. The molecule has 5 nitrogen and oxygen atoms in total. The van der Waals surface area contributed by atoms with E-state index in [0.717, 1.165) is 11.8 Å². The number of carboxylic acids is 1. The molecule has 1 amide bonds. The number of amides is 1. The summed E-state index contributed by atoms with van der Waals surface area (Å²) in [7, 11) is 0. The zero-order chi connectivity index (χ0) is 18.7. The minimum absolute atomic E-state index is 0.121. The Balaban J connectivity index is 1.80. The first-order valence-electron chi connectivity index (χ1n) is 7.43. The first-order chi connectivity index (χ1) is 12.5. The second kappa shape index (κ2) is 7.67. The van der Waals surface area contributed by atoms with Gasteiger partial charge in [0.25, 0.3) is 5.91 Å². The van der Waals surface area contributed by atoms with Crippen molar-refractivity contribution in [1.29, 1.82) is 0 Å². The molecule has 1 N–H and O–H groups in total. The third kappa shape index (κ3) is 3.92. The molecule has 1 fully saturated rings. The number of thioether (sulfide) groups is 1. The quantitative estimate of drug-likeness (QED) is 0.621. The fourth-order valence-electron chi connectivity index (χ4n) is 2.27. The SMILES string of the molecule is O=C(O)COc1ccc(/C=C2/SC(=S)N(c3ccccc3F)C2=O)cc1. The van der Waals surface area contributed by atoms with Crippen LogP contribution in [0.1, 0.15) is 5.56 Å². The third-order valence-electron chi connectivity index (χ3n) is 3.43. The Labute approximate surface area is 158 Å². The molecule has 1 aliphatic rings. The van der Waals surface area contributed by atoms with E-state index in [-0.39, 0.29) is 10.0 Å². The number of para-hydroxylation sites is 1. The van der Waals surface area contributed by atoms with Gasteiger partial charge in [0.05, 0.1) is 10.6 Å². The van der Waals surface area contributed by atoms with Crippen LogP contribution in [0.3, 0.4) is 0 Å². The third-order valence-corrected chi connectivity index (χ3v) is 4.73. The number of aliphatic carboxylic acids is 1. The van der Waals surface area contributed by atoms with Gasteiger partial charge < -0.3 is 9.84 Å². The largest absolute Gasteiger partial charge is 0.482 e. The molecule has 0 aromatic heterocycles. The summed E-state index contributed by atoms with van der Waals surface area (Å²) >= 11 is 6.31. The molecular weight excluding hydrogens is 377 g/mol. The number of hydrogen-bond acceptors (Lipinski definition) is 5. The number of benzene rings is 2. The van der Waals surface area contributed by atoms with Crippen molar-refractivity contribution < 1.29 is 23.8 Å². The lowest BCUT2D eigenvalue weighted by atomic mass is 10.2. The average molecular weight is 389 g/mol. The van der Waals surface area contributed by atoms with Crippen LogP contribution in [0.5, 0.6) is 5.75 Å². The number of carboxylic acid groups (broad SMARTS) is 1. The topological polar surface area (TPSA) is 66.8 Å². The van der Waals surface area contributed by atoms with Gasteiger partial charge >= 0.3 is 5.97 Å². The van der Waals surface area contributed by atoms with Crippen LogP contribution in [0, 0.1) is 5.82 Å². The number of halogens is 1. The van der Waals surface area contributed by atoms with Crippen LogP contribution >= 0.6 is 24.0 Å². The first kappa shape index (κ1) is 18.1. The van der Waals surface area contributed by atoms with E-state index in [4.69, 9.17) is 22.1 Å². The molecule has 0 saturated carbocycles. The molecule has 0 radical (unpaired) electrons. The molecule has 3 rings (SSSR count). The van der Waals surface area contributed by atoms with E-state index in [1.54, 1.807) is 42.5 Å². The predicted octanol–water partition coefficient (Wildman–Crippen LogP) is 3.69. The molecule has 132 valence electrons. The second-order valence-electron chi connectivity index (χ2n) is 5.22. The maximum absolute atomic E-state index is 14.0. The van der Waals surface area contributed by atoms with Crippen molar-refractivity contribution in [3.05, 3.63) is 64.8 Å². The van der Waals surface area contributed by atoms with Crippen molar-refractivity contribution in [3.63, 3.8) is 0 Å². The molecule has 2 aromatic carbocycles. The van der Waals surface area contributed by atoms with Crippen LogP contribution in [0.25, 0.3) is 6.08 Å². The van der Waals surface area contributed by atoms with Crippen LogP contribution in [0.4, 0.5) is 10.1 Å². The number of carbonyl (C=O) groups is 2. The van der Waals surface area contributed by atoms with Crippen LogP contribution in [0.15, 0.2) is 53.4 Å².